The number of hydrogen-bond donors (Lipinski definition) is 2. The number of nitrogens with zero attached hydrogens (tertiary/aromatic N) is 2. The van der Waals surface area contributed by atoms with Crippen molar-refractivity contribution in [2.45, 2.75) is 52.1 Å². The van der Waals surface area contributed by atoms with Gasteiger partial charge in [-0.05, 0) is 34.1 Å². The molecule has 0 spiro atoms. The molecule has 0 radical (unpaired) electrons. The second-order valence-electron chi connectivity index (χ2n) is 6.43. The number of carbonyl (C=O) groups excluding carboxylic acids is 1. The maximum Gasteiger partial charge on any atom is 0.317 e. The first-order valence-electron chi connectivity index (χ1n) is 7.22. The number of carbonyl (C=O) groups is 2. The molecule has 1 saturated heterocycles. The average Bonchev–Trinajstić information content (AvgIpc) is 2.35. The first-order chi connectivity index (χ1) is 9.20. The quantitative estimate of drug-likeness (QED) is 0.818. The molecule has 6 nitrogen and oxygen atoms in total. The first-order valence-corrected chi connectivity index (χ1v) is 7.22. The van der Waals surface area contributed by atoms with Crippen molar-refractivity contribution in [2.75, 3.05) is 26.2 Å². The molecule has 0 aromatic heterocycles. The van der Waals surface area contributed by atoms with Crippen LogP contribution in [0.25, 0.3) is 0 Å². The van der Waals surface area contributed by atoms with E-state index in [-0.39, 0.29) is 24.0 Å². The van der Waals surface area contributed by atoms with Crippen LogP contribution in [-0.2, 0) is 4.79 Å². The highest BCUT2D eigenvalue weighted by Gasteiger charge is 2.28. The number of aliphatic carboxylic acids is 1. The predicted octanol–water partition coefficient (Wildman–Crippen LogP) is 1.37. The van der Waals surface area contributed by atoms with Gasteiger partial charge in [0.2, 0.25) is 0 Å². The Morgan fingerprint density at radius 1 is 1.20 bits per heavy atom. The molecule has 20 heavy (non-hydrogen) atoms. The lowest BCUT2D eigenvalue weighted by Crippen LogP contribution is -2.57. The number of hydrogen-bond acceptors (Lipinski definition) is 3. The summed E-state index contributed by atoms with van der Waals surface area (Å²) in [6.07, 6.45) is 0.544. The molecule has 1 aliphatic heterocycles. The maximum absolute atomic E-state index is 12.1. The van der Waals surface area contributed by atoms with Crippen LogP contribution < -0.4 is 5.32 Å². The highest BCUT2D eigenvalue weighted by Crippen LogP contribution is 2.15. The molecular weight excluding hydrogens is 258 g/mol. The fourth-order valence-electron chi connectivity index (χ4n) is 2.29. The van der Waals surface area contributed by atoms with Gasteiger partial charge in [-0.15, -0.1) is 0 Å². The first kappa shape index (κ1) is 16.8. The van der Waals surface area contributed by atoms with Gasteiger partial charge >= 0.3 is 12.0 Å². The molecule has 0 saturated carbocycles. The third-order valence-electron chi connectivity index (χ3n) is 3.68. The van der Waals surface area contributed by atoms with Crippen molar-refractivity contribution in [1.82, 2.24) is 15.1 Å². The molecule has 0 bridgehead atoms. The molecule has 1 aliphatic rings. The molecule has 0 aromatic rings. The summed E-state index contributed by atoms with van der Waals surface area (Å²) in [4.78, 5) is 26.7. The van der Waals surface area contributed by atoms with Crippen LogP contribution in [-0.4, -0.2) is 64.7 Å². The Morgan fingerprint density at radius 2 is 1.75 bits per heavy atom. The maximum atomic E-state index is 12.1. The number of carboxylic acids is 1. The zero-order valence-corrected chi connectivity index (χ0v) is 13.0. The Kier molecular flexibility index (Phi) is 5.80. The van der Waals surface area contributed by atoms with Gasteiger partial charge in [-0.3, -0.25) is 9.69 Å². The second kappa shape index (κ2) is 6.92. The minimum absolute atomic E-state index is 0.0826. The van der Waals surface area contributed by atoms with E-state index in [4.69, 9.17) is 5.11 Å². The summed E-state index contributed by atoms with van der Waals surface area (Å²) in [6.45, 7) is 11.6. The third-order valence-corrected chi connectivity index (χ3v) is 3.68. The van der Waals surface area contributed by atoms with E-state index in [1.54, 1.807) is 4.90 Å². The van der Waals surface area contributed by atoms with Gasteiger partial charge in [0.25, 0.3) is 0 Å². The lowest BCUT2D eigenvalue weighted by Gasteiger charge is -2.42. The van der Waals surface area contributed by atoms with Gasteiger partial charge in [0.05, 0.1) is 0 Å². The zero-order chi connectivity index (χ0) is 15.3. The second-order valence-corrected chi connectivity index (χ2v) is 6.43. The standard InChI is InChI=1S/C14H27N3O3/c1-11(5-6-12(18)19)15-13(20)16-7-9-17(10-8-16)14(2,3)4/h11H,5-10H2,1-4H3,(H,15,20)(H,18,19). The van der Waals surface area contributed by atoms with Crippen LogP contribution in [0.15, 0.2) is 0 Å². The van der Waals surface area contributed by atoms with Gasteiger partial charge in [0, 0.05) is 44.2 Å². The fourth-order valence-corrected chi connectivity index (χ4v) is 2.29. The Labute approximate surface area is 121 Å². The molecule has 1 unspecified atom stereocenters. The Balaban J connectivity index is 2.34. The summed E-state index contributed by atoms with van der Waals surface area (Å²) >= 11 is 0. The van der Waals surface area contributed by atoms with Gasteiger partial charge < -0.3 is 15.3 Å². The van der Waals surface area contributed by atoms with Gasteiger partial charge in [-0.2, -0.15) is 0 Å². The van der Waals surface area contributed by atoms with Crippen molar-refractivity contribution in [1.29, 1.82) is 0 Å². The number of amides is 2. The summed E-state index contributed by atoms with van der Waals surface area (Å²) in [6, 6.07) is -0.198. The smallest absolute Gasteiger partial charge is 0.317 e. The van der Waals surface area contributed by atoms with Crippen LogP contribution >= 0.6 is 0 Å². The van der Waals surface area contributed by atoms with Crippen LogP contribution in [0.5, 0.6) is 0 Å². The number of urea groups is 1. The Bertz CT molecular complexity index is 344. The molecule has 6 heteroatoms. The molecule has 0 aliphatic carbocycles. The van der Waals surface area contributed by atoms with Crippen molar-refractivity contribution < 1.29 is 14.7 Å². The molecule has 2 N–H and O–H groups in total. The third kappa shape index (κ3) is 5.36. The van der Waals surface area contributed by atoms with E-state index in [0.29, 0.717) is 6.42 Å². The summed E-state index contributed by atoms with van der Waals surface area (Å²) in [7, 11) is 0. The lowest BCUT2D eigenvalue weighted by atomic mass is 10.1. The molecule has 0 aromatic carbocycles. The molecule has 1 fully saturated rings. The normalized spacial score (nSPS) is 18.7. The topological polar surface area (TPSA) is 72.9 Å². The van der Waals surface area contributed by atoms with Crippen LogP contribution in [0.1, 0.15) is 40.5 Å². The van der Waals surface area contributed by atoms with Gasteiger partial charge in [-0.1, -0.05) is 0 Å². The van der Waals surface area contributed by atoms with Crippen molar-refractivity contribution >= 4 is 12.0 Å². The van der Waals surface area contributed by atoms with Gasteiger partial charge in [0.15, 0.2) is 0 Å². The van der Waals surface area contributed by atoms with E-state index in [1.165, 1.54) is 0 Å². The minimum atomic E-state index is -0.829. The highest BCUT2D eigenvalue weighted by molar-refractivity contribution is 5.74. The van der Waals surface area contributed by atoms with E-state index in [1.807, 2.05) is 6.92 Å². The molecule has 1 atom stereocenters. The van der Waals surface area contributed by atoms with Gasteiger partial charge in [0.1, 0.15) is 0 Å². The summed E-state index contributed by atoms with van der Waals surface area (Å²) in [5.74, 6) is -0.829. The van der Waals surface area contributed by atoms with Gasteiger partial charge in [-0.25, -0.2) is 4.79 Å². The molecular formula is C14H27N3O3. The van der Waals surface area contributed by atoms with Crippen LogP contribution in [0.3, 0.4) is 0 Å². The fraction of sp³-hybridized carbons (Fsp3) is 0.857. The monoisotopic (exact) mass is 285 g/mol. The molecule has 1 heterocycles. The van der Waals surface area contributed by atoms with E-state index < -0.39 is 5.97 Å². The SMILES string of the molecule is CC(CCC(=O)O)NC(=O)N1CCN(C(C)(C)C)CC1. The molecule has 2 amide bonds. The molecule has 116 valence electrons. The Morgan fingerprint density at radius 3 is 2.20 bits per heavy atom. The van der Waals surface area contributed by atoms with Crippen LogP contribution in [0, 0.1) is 0 Å². The van der Waals surface area contributed by atoms with E-state index in [2.05, 4.69) is 31.0 Å². The number of carboxylic acid groups (broad SMARTS) is 1. The number of piperazine rings is 1. The summed E-state index contributed by atoms with van der Waals surface area (Å²) in [5, 5.41) is 11.5. The zero-order valence-electron chi connectivity index (χ0n) is 13.0. The van der Waals surface area contributed by atoms with Crippen LogP contribution in [0.2, 0.25) is 0 Å². The van der Waals surface area contributed by atoms with E-state index in [9.17, 15) is 9.59 Å². The largest absolute Gasteiger partial charge is 0.481 e. The predicted molar refractivity (Wildman–Crippen MR) is 77.8 cm³/mol. The Hall–Kier alpha value is -1.30. The number of rotatable bonds is 4. The number of nitrogens with one attached hydrogen (secondary N) is 1. The average molecular weight is 285 g/mol. The van der Waals surface area contributed by atoms with Crippen molar-refractivity contribution in [3.05, 3.63) is 0 Å². The highest BCUT2D eigenvalue weighted by atomic mass is 16.4. The summed E-state index contributed by atoms with van der Waals surface area (Å²) < 4.78 is 0. The molecule has 1 rings (SSSR count). The van der Waals surface area contributed by atoms with Crippen molar-refractivity contribution in [3.8, 4) is 0 Å². The van der Waals surface area contributed by atoms with Crippen LogP contribution in [0.4, 0.5) is 4.79 Å². The summed E-state index contributed by atoms with van der Waals surface area (Å²) in [5.41, 5.74) is 0.136. The minimum Gasteiger partial charge on any atom is -0.481 e. The van der Waals surface area contributed by atoms with E-state index >= 15 is 0 Å². The van der Waals surface area contributed by atoms with E-state index in [0.717, 1.165) is 26.2 Å². The lowest BCUT2D eigenvalue weighted by molar-refractivity contribution is -0.137. The van der Waals surface area contributed by atoms with Crippen molar-refractivity contribution in [2.24, 2.45) is 0 Å². The van der Waals surface area contributed by atoms with Crippen molar-refractivity contribution in [3.63, 3.8) is 0 Å².